The van der Waals surface area contributed by atoms with Crippen LogP contribution in [-0.2, 0) is 11.2 Å². The van der Waals surface area contributed by atoms with Gasteiger partial charge in [0.25, 0.3) is 0 Å². The van der Waals surface area contributed by atoms with Crippen LogP contribution in [0, 0.1) is 0 Å². The molecule has 0 aromatic heterocycles. The number of methoxy groups -OCH3 is 1. The van der Waals surface area contributed by atoms with Crippen LogP contribution in [0.2, 0.25) is 0 Å². The second-order valence-corrected chi connectivity index (χ2v) is 3.65. The van der Waals surface area contributed by atoms with Gasteiger partial charge in [0.15, 0.2) is 0 Å². The highest BCUT2D eigenvalue weighted by Gasteiger charge is 1.91. The molecule has 0 N–H and O–H groups in total. The van der Waals surface area contributed by atoms with Crippen molar-refractivity contribution in [3.63, 3.8) is 0 Å². The van der Waals surface area contributed by atoms with Gasteiger partial charge in [0.05, 0.1) is 20.0 Å². The molecule has 0 unspecified atom stereocenters. The van der Waals surface area contributed by atoms with Crippen molar-refractivity contribution in [3.05, 3.63) is 42.2 Å². The summed E-state index contributed by atoms with van der Waals surface area (Å²) in [5, 5.41) is 0. The number of hydrogen-bond donors (Lipinski definition) is 0. The third-order valence-electron chi connectivity index (χ3n) is 2.32. The first-order chi connectivity index (χ1) is 7.86. The fourth-order valence-electron chi connectivity index (χ4n) is 1.31. The lowest BCUT2D eigenvalue weighted by atomic mass is 10.1. The van der Waals surface area contributed by atoms with Crippen molar-refractivity contribution in [2.45, 2.75) is 26.2 Å². The predicted molar refractivity (Wildman–Crippen MR) is 66.7 cm³/mol. The zero-order valence-corrected chi connectivity index (χ0v) is 10.1. The molecule has 0 fully saturated rings. The van der Waals surface area contributed by atoms with E-state index < -0.39 is 0 Å². The number of allylic oxidation sites excluding steroid dienone is 1. The average Bonchev–Trinajstić information content (AvgIpc) is 2.34. The van der Waals surface area contributed by atoms with Gasteiger partial charge >= 0.3 is 0 Å². The zero-order chi connectivity index (χ0) is 11.6. The molecule has 0 aliphatic heterocycles. The Labute approximate surface area is 97.9 Å². The smallest absolute Gasteiger partial charge is 0.118 e. The molecule has 0 radical (unpaired) electrons. The van der Waals surface area contributed by atoms with E-state index in [0.717, 1.165) is 25.2 Å². The Hall–Kier alpha value is -1.44. The number of hydrogen-bond acceptors (Lipinski definition) is 2. The highest BCUT2D eigenvalue weighted by Crippen LogP contribution is 2.11. The van der Waals surface area contributed by atoms with E-state index >= 15 is 0 Å². The van der Waals surface area contributed by atoms with Crippen molar-refractivity contribution in [1.82, 2.24) is 0 Å². The monoisotopic (exact) mass is 220 g/mol. The third kappa shape index (κ3) is 4.87. The molecule has 0 saturated carbocycles. The fourth-order valence-corrected chi connectivity index (χ4v) is 1.31. The minimum absolute atomic E-state index is 0.815. The standard InChI is InChI=1S/C14H20O2/c1-3-4-11-16-12-5-6-13-7-9-14(15-2)10-8-13/h5,7-10,12H,3-4,6,11H2,1-2H3/b12-5+. The quantitative estimate of drug-likeness (QED) is 0.516. The van der Waals surface area contributed by atoms with Crippen LogP contribution in [-0.4, -0.2) is 13.7 Å². The van der Waals surface area contributed by atoms with Gasteiger partial charge in [-0.05, 0) is 36.6 Å². The van der Waals surface area contributed by atoms with Crippen molar-refractivity contribution in [2.75, 3.05) is 13.7 Å². The summed E-state index contributed by atoms with van der Waals surface area (Å²) in [6, 6.07) is 8.08. The highest BCUT2D eigenvalue weighted by molar-refractivity contribution is 5.28. The van der Waals surface area contributed by atoms with Crippen molar-refractivity contribution < 1.29 is 9.47 Å². The molecule has 0 spiro atoms. The van der Waals surface area contributed by atoms with Crippen LogP contribution in [0.4, 0.5) is 0 Å². The van der Waals surface area contributed by atoms with E-state index in [9.17, 15) is 0 Å². The van der Waals surface area contributed by atoms with Gasteiger partial charge in [-0.2, -0.15) is 0 Å². The first-order valence-corrected chi connectivity index (χ1v) is 5.76. The Morgan fingerprint density at radius 1 is 1.19 bits per heavy atom. The number of unbranched alkanes of at least 4 members (excludes halogenated alkanes) is 1. The van der Waals surface area contributed by atoms with Crippen molar-refractivity contribution in [2.24, 2.45) is 0 Å². The molecule has 2 heteroatoms. The summed E-state index contributed by atoms with van der Waals surface area (Å²) in [4.78, 5) is 0. The van der Waals surface area contributed by atoms with Crippen LogP contribution >= 0.6 is 0 Å². The summed E-state index contributed by atoms with van der Waals surface area (Å²) < 4.78 is 10.4. The molecule has 0 atom stereocenters. The summed E-state index contributed by atoms with van der Waals surface area (Å²) in [5.41, 5.74) is 1.26. The molecule has 0 aliphatic carbocycles. The molecule has 0 heterocycles. The van der Waals surface area contributed by atoms with Gasteiger partial charge in [-0.25, -0.2) is 0 Å². The summed E-state index contributed by atoms with van der Waals surface area (Å²) in [6.45, 7) is 2.97. The Bertz CT molecular complexity index is 301. The Morgan fingerprint density at radius 3 is 2.56 bits per heavy atom. The summed E-state index contributed by atoms with van der Waals surface area (Å²) in [7, 11) is 1.68. The van der Waals surface area contributed by atoms with Crippen LogP contribution in [0.1, 0.15) is 25.3 Å². The summed E-state index contributed by atoms with van der Waals surface area (Å²) in [6.07, 6.45) is 7.02. The molecule has 16 heavy (non-hydrogen) atoms. The molecule has 1 rings (SSSR count). The van der Waals surface area contributed by atoms with Gasteiger partial charge < -0.3 is 9.47 Å². The van der Waals surface area contributed by atoms with Crippen molar-refractivity contribution >= 4 is 0 Å². The topological polar surface area (TPSA) is 18.5 Å². The van der Waals surface area contributed by atoms with Gasteiger partial charge in [0.1, 0.15) is 5.75 Å². The maximum Gasteiger partial charge on any atom is 0.118 e. The van der Waals surface area contributed by atoms with Crippen LogP contribution < -0.4 is 4.74 Å². The maximum atomic E-state index is 5.34. The molecule has 88 valence electrons. The normalized spacial score (nSPS) is 10.6. The first-order valence-electron chi connectivity index (χ1n) is 5.76. The predicted octanol–water partition coefficient (Wildman–Crippen LogP) is 3.57. The molecule has 1 aromatic rings. The minimum atomic E-state index is 0.815. The molecular weight excluding hydrogens is 200 g/mol. The molecule has 2 nitrogen and oxygen atoms in total. The summed E-state index contributed by atoms with van der Waals surface area (Å²) in [5.74, 6) is 0.895. The molecule has 0 aliphatic rings. The van der Waals surface area contributed by atoms with E-state index in [2.05, 4.69) is 19.1 Å². The highest BCUT2D eigenvalue weighted by atomic mass is 16.5. The SMILES string of the molecule is CCCCO/C=C/Cc1ccc(OC)cc1. The van der Waals surface area contributed by atoms with Crippen LogP contribution in [0.5, 0.6) is 5.75 Å². The van der Waals surface area contributed by atoms with Gasteiger partial charge in [-0.1, -0.05) is 25.5 Å². The largest absolute Gasteiger partial charge is 0.502 e. The van der Waals surface area contributed by atoms with E-state index in [1.807, 2.05) is 18.2 Å². The molecule has 0 bridgehead atoms. The lowest BCUT2D eigenvalue weighted by Crippen LogP contribution is -1.87. The number of ether oxygens (including phenoxy) is 2. The lowest BCUT2D eigenvalue weighted by Gasteiger charge is -2.01. The first kappa shape index (κ1) is 12.6. The number of benzene rings is 1. The van der Waals surface area contributed by atoms with E-state index in [-0.39, 0.29) is 0 Å². The molecule has 0 saturated heterocycles. The van der Waals surface area contributed by atoms with Crippen molar-refractivity contribution in [1.29, 1.82) is 0 Å². The minimum Gasteiger partial charge on any atom is -0.502 e. The summed E-state index contributed by atoms with van der Waals surface area (Å²) >= 11 is 0. The Morgan fingerprint density at radius 2 is 1.94 bits per heavy atom. The van der Waals surface area contributed by atoms with Gasteiger partial charge in [-0.3, -0.25) is 0 Å². The molecular formula is C14H20O2. The average molecular weight is 220 g/mol. The lowest BCUT2D eigenvalue weighted by molar-refractivity contribution is 0.243. The Balaban J connectivity index is 2.25. The van der Waals surface area contributed by atoms with E-state index in [4.69, 9.17) is 9.47 Å². The van der Waals surface area contributed by atoms with E-state index in [1.165, 1.54) is 12.0 Å². The molecule has 1 aromatic carbocycles. The van der Waals surface area contributed by atoms with Gasteiger partial charge in [0.2, 0.25) is 0 Å². The van der Waals surface area contributed by atoms with Crippen LogP contribution in [0.15, 0.2) is 36.6 Å². The third-order valence-corrected chi connectivity index (χ3v) is 2.32. The number of rotatable bonds is 7. The van der Waals surface area contributed by atoms with Crippen molar-refractivity contribution in [3.8, 4) is 5.75 Å². The van der Waals surface area contributed by atoms with Crippen LogP contribution in [0.25, 0.3) is 0 Å². The second kappa shape index (κ2) is 7.80. The fraction of sp³-hybridized carbons (Fsp3) is 0.429. The maximum absolute atomic E-state index is 5.34. The molecule has 0 amide bonds. The van der Waals surface area contributed by atoms with Gasteiger partial charge in [-0.15, -0.1) is 0 Å². The zero-order valence-electron chi connectivity index (χ0n) is 10.1. The second-order valence-electron chi connectivity index (χ2n) is 3.65. The Kier molecular flexibility index (Phi) is 6.16. The van der Waals surface area contributed by atoms with E-state index in [1.54, 1.807) is 13.4 Å². The van der Waals surface area contributed by atoms with E-state index in [0.29, 0.717) is 0 Å². The van der Waals surface area contributed by atoms with Gasteiger partial charge in [0, 0.05) is 0 Å². The van der Waals surface area contributed by atoms with Crippen LogP contribution in [0.3, 0.4) is 0 Å².